The van der Waals surface area contributed by atoms with Gasteiger partial charge in [0.05, 0.1) is 10.4 Å². The molecule has 1 fully saturated rings. The number of carbonyl (C=O) groups is 1. The molecule has 1 aliphatic carbocycles. The standard InChI is InChI=1S/C15H28N2OS2/c1-12(8-11-20-3)17(2)14(18)15(13(16)19)9-6-4-5-7-10-15/h12H,4-11H2,1-3H3,(H2,16,19). The molecule has 3 nitrogen and oxygen atoms in total. The largest absolute Gasteiger partial charge is 0.392 e. The van der Waals surface area contributed by atoms with E-state index in [1.165, 1.54) is 12.8 Å². The molecule has 20 heavy (non-hydrogen) atoms. The number of rotatable bonds is 6. The quantitative estimate of drug-likeness (QED) is 0.604. The molecular formula is C15H28N2OS2. The van der Waals surface area contributed by atoms with Crippen molar-refractivity contribution in [3.05, 3.63) is 0 Å². The molecule has 1 unspecified atom stereocenters. The number of carbonyl (C=O) groups excluding carboxylic acids is 1. The summed E-state index contributed by atoms with van der Waals surface area (Å²) in [5.41, 5.74) is 5.40. The summed E-state index contributed by atoms with van der Waals surface area (Å²) in [6.07, 6.45) is 9.22. The van der Waals surface area contributed by atoms with Crippen LogP contribution in [-0.4, -0.2) is 40.9 Å². The number of nitrogens with two attached hydrogens (primary N) is 1. The van der Waals surface area contributed by atoms with Crippen LogP contribution < -0.4 is 5.73 Å². The normalized spacial score (nSPS) is 19.9. The van der Waals surface area contributed by atoms with Crippen LogP contribution in [0, 0.1) is 5.41 Å². The maximum absolute atomic E-state index is 13.0. The van der Waals surface area contributed by atoms with Crippen molar-refractivity contribution in [1.82, 2.24) is 4.90 Å². The Kier molecular flexibility index (Phi) is 7.30. The van der Waals surface area contributed by atoms with Crippen molar-refractivity contribution in [2.75, 3.05) is 19.1 Å². The zero-order valence-electron chi connectivity index (χ0n) is 13.0. The Bertz CT molecular complexity index is 339. The second-order valence-electron chi connectivity index (χ2n) is 5.91. The van der Waals surface area contributed by atoms with Crippen LogP contribution in [0.4, 0.5) is 0 Å². The van der Waals surface area contributed by atoms with Gasteiger partial charge in [-0.05, 0) is 38.2 Å². The van der Waals surface area contributed by atoms with Crippen molar-refractivity contribution in [2.45, 2.75) is 57.9 Å². The summed E-state index contributed by atoms with van der Waals surface area (Å²) in [5, 5.41) is 0. The molecule has 5 heteroatoms. The van der Waals surface area contributed by atoms with E-state index >= 15 is 0 Å². The fraction of sp³-hybridized carbons (Fsp3) is 0.867. The molecule has 0 aliphatic heterocycles. The molecule has 1 aliphatic rings. The van der Waals surface area contributed by atoms with Crippen LogP contribution in [0.25, 0.3) is 0 Å². The fourth-order valence-electron chi connectivity index (χ4n) is 2.92. The second kappa shape index (κ2) is 8.23. The Morgan fingerprint density at radius 3 is 2.35 bits per heavy atom. The number of hydrogen-bond donors (Lipinski definition) is 1. The molecule has 0 aromatic carbocycles. The van der Waals surface area contributed by atoms with Crippen LogP contribution in [0.15, 0.2) is 0 Å². The van der Waals surface area contributed by atoms with E-state index in [-0.39, 0.29) is 11.9 Å². The van der Waals surface area contributed by atoms with E-state index < -0.39 is 5.41 Å². The number of nitrogens with zero attached hydrogens (tertiary/aromatic N) is 1. The maximum Gasteiger partial charge on any atom is 0.235 e. The smallest absolute Gasteiger partial charge is 0.235 e. The van der Waals surface area contributed by atoms with Crippen LogP contribution in [0.1, 0.15) is 51.9 Å². The van der Waals surface area contributed by atoms with Gasteiger partial charge in [-0.1, -0.05) is 37.9 Å². The molecule has 1 rings (SSSR count). The Hall–Kier alpha value is -0.290. The van der Waals surface area contributed by atoms with Crippen molar-refractivity contribution in [1.29, 1.82) is 0 Å². The predicted octanol–water partition coefficient (Wildman–Crippen LogP) is 3.21. The lowest BCUT2D eigenvalue weighted by molar-refractivity contribution is -0.139. The summed E-state index contributed by atoms with van der Waals surface area (Å²) < 4.78 is 0. The molecule has 0 spiro atoms. The van der Waals surface area contributed by atoms with Gasteiger partial charge < -0.3 is 10.6 Å². The van der Waals surface area contributed by atoms with Crippen molar-refractivity contribution < 1.29 is 4.79 Å². The number of thiocarbonyl (C=S) groups is 1. The van der Waals surface area contributed by atoms with Gasteiger partial charge in [0, 0.05) is 13.1 Å². The highest BCUT2D eigenvalue weighted by atomic mass is 32.2. The van der Waals surface area contributed by atoms with E-state index in [0.717, 1.165) is 37.9 Å². The molecule has 0 aromatic heterocycles. The summed E-state index contributed by atoms with van der Waals surface area (Å²) in [6.45, 7) is 2.11. The van der Waals surface area contributed by atoms with Crippen molar-refractivity contribution in [3.8, 4) is 0 Å². The molecule has 1 saturated carbocycles. The third-order valence-corrected chi connectivity index (χ3v) is 5.59. The molecular weight excluding hydrogens is 288 g/mol. The molecule has 1 atom stereocenters. The number of amides is 1. The van der Waals surface area contributed by atoms with Gasteiger partial charge in [0.15, 0.2) is 0 Å². The average molecular weight is 317 g/mol. The van der Waals surface area contributed by atoms with Gasteiger partial charge in [-0.25, -0.2) is 0 Å². The van der Waals surface area contributed by atoms with Gasteiger partial charge in [-0.3, -0.25) is 4.79 Å². The zero-order chi connectivity index (χ0) is 15.2. The fourth-order valence-corrected chi connectivity index (χ4v) is 3.79. The SMILES string of the molecule is CSCCC(C)N(C)C(=O)C1(C(N)=S)CCCCCC1. The van der Waals surface area contributed by atoms with Crippen molar-refractivity contribution in [2.24, 2.45) is 11.1 Å². The molecule has 0 aromatic rings. The van der Waals surface area contributed by atoms with Crippen LogP contribution in [0.3, 0.4) is 0 Å². The third-order valence-electron chi connectivity index (χ3n) is 4.56. The van der Waals surface area contributed by atoms with Crippen LogP contribution in [0.5, 0.6) is 0 Å². The average Bonchev–Trinajstić information content (AvgIpc) is 2.69. The molecule has 1 amide bonds. The van der Waals surface area contributed by atoms with Gasteiger partial charge in [0.25, 0.3) is 0 Å². The van der Waals surface area contributed by atoms with Crippen LogP contribution in [-0.2, 0) is 4.79 Å². The van der Waals surface area contributed by atoms with Gasteiger partial charge in [0.2, 0.25) is 5.91 Å². The summed E-state index contributed by atoms with van der Waals surface area (Å²) in [7, 11) is 1.90. The topological polar surface area (TPSA) is 46.3 Å². The highest BCUT2D eigenvalue weighted by molar-refractivity contribution is 7.98. The number of thioether (sulfide) groups is 1. The van der Waals surface area contributed by atoms with E-state index in [9.17, 15) is 4.79 Å². The van der Waals surface area contributed by atoms with Gasteiger partial charge in [0.1, 0.15) is 0 Å². The first-order valence-electron chi connectivity index (χ1n) is 7.52. The van der Waals surface area contributed by atoms with Crippen molar-refractivity contribution >= 4 is 34.9 Å². The zero-order valence-corrected chi connectivity index (χ0v) is 14.6. The molecule has 0 bridgehead atoms. The molecule has 2 N–H and O–H groups in total. The van der Waals surface area contributed by atoms with Gasteiger partial charge in [-0.15, -0.1) is 0 Å². The summed E-state index contributed by atoms with van der Waals surface area (Å²) >= 11 is 7.10. The van der Waals surface area contributed by atoms with E-state index in [4.69, 9.17) is 18.0 Å². The maximum atomic E-state index is 13.0. The van der Waals surface area contributed by atoms with Crippen LogP contribution in [0.2, 0.25) is 0 Å². The Labute approximate surface area is 133 Å². The van der Waals surface area contributed by atoms with Crippen LogP contribution >= 0.6 is 24.0 Å². The molecule has 0 radical (unpaired) electrons. The van der Waals surface area contributed by atoms with E-state index in [0.29, 0.717) is 4.99 Å². The molecule has 0 saturated heterocycles. The second-order valence-corrected chi connectivity index (χ2v) is 7.33. The third kappa shape index (κ3) is 4.10. The van der Waals surface area contributed by atoms with E-state index in [1.54, 1.807) is 0 Å². The first kappa shape index (κ1) is 17.8. The summed E-state index contributed by atoms with van der Waals surface area (Å²) in [6, 6.07) is 0.240. The highest BCUT2D eigenvalue weighted by Crippen LogP contribution is 2.37. The van der Waals surface area contributed by atoms with E-state index in [2.05, 4.69) is 13.2 Å². The Balaban J connectivity index is 2.85. The lowest BCUT2D eigenvalue weighted by Crippen LogP contribution is -2.51. The summed E-state index contributed by atoms with van der Waals surface area (Å²) in [4.78, 5) is 15.2. The molecule has 0 heterocycles. The van der Waals surface area contributed by atoms with E-state index in [1.807, 2.05) is 23.7 Å². The minimum absolute atomic E-state index is 0.139. The highest BCUT2D eigenvalue weighted by Gasteiger charge is 2.43. The van der Waals surface area contributed by atoms with Crippen molar-refractivity contribution in [3.63, 3.8) is 0 Å². The number of hydrogen-bond acceptors (Lipinski definition) is 3. The summed E-state index contributed by atoms with van der Waals surface area (Å²) in [5.74, 6) is 1.21. The lowest BCUT2D eigenvalue weighted by Gasteiger charge is -2.37. The first-order chi connectivity index (χ1) is 9.45. The Morgan fingerprint density at radius 2 is 1.90 bits per heavy atom. The van der Waals surface area contributed by atoms with Gasteiger partial charge in [-0.2, -0.15) is 11.8 Å². The lowest BCUT2D eigenvalue weighted by atomic mass is 9.78. The van der Waals surface area contributed by atoms with Gasteiger partial charge >= 0.3 is 0 Å². The monoisotopic (exact) mass is 316 g/mol. The Morgan fingerprint density at radius 1 is 1.35 bits per heavy atom. The predicted molar refractivity (Wildman–Crippen MR) is 92.2 cm³/mol. The molecule has 116 valence electrons. The first-order valence-corrected chi connectivity index (χ1v) is 9.32. The minimum atomic E-state index is -0.589. The minimum Gasteiger partial charge on any atom is -0.392 e.